The van der Waals surface area contributed by atoms with Crippen LogP contribution in [0.1, 0.15) is 36.5 Å². The minimum atomic E-state index is -0.467. The normalized spacial score (nSPS) is 14.9. The average molecular weight is 222 g/mol. The van der Waals surface area contributed by atoms with E-state index in [1.165, 1.54) is 25.0 Å². The van der Waals surface area contributed by atoms with Gasteiger partial charge in [-0.3, -0.25) is 4.79 Å². The third kappa shape index (κ3) is 2.60. The van der Waals surface area contributed by atoms with Crippen molar-refractivity contribution in [3.05, 3.63) is 29.6 Å². The molecule has 0 bridgehead atoms. The molecule has 0 atom stereocenters. The third-order valence-electron chi connectivity index (χ3n) is 2.74. The zero-order valence-electron chi connectivity index (χ0n) is 9.33. The minimum Gasteiger partial charge on any atom is -0.493 e. The smallest absolute Gasteiger partial charge is 0.165 e. The summed E-state index contributed by atoms with van der Waals surface area (Å²) in [5.74, 6) is 0.584. The number of benzene rings is 1. The summed E-state index contributed by atoms with van der Waals surface area (Å²) in [4.78, 5) is 11.4. The fourth-order valence-electron chi connectivity index (χ4n) is 1.50. The second-order valence-corrected chi connectivity index (χ2v) is 4.17. The highest BCUT2D eigenvalue weighted by molar-refractivity contribution is 5.96. The highest BCUT2D eigenvalue weighted by atomic mass is 19.1. The van der Waals surface area contributed by atoms with Gasteiger partial charge in [-0.25, -0.2) is 4.39 Å². The maximum atomic E-state index is 13.3. The molecule has 1 aromatic rings. The summed E-state index contributed by atoms with van der Waals surface area (Å²) in [7, 11) is 0. The number of ether oxygens (including phenoxy) is 1. The van der Waals surface area contributed by atoms with Crippen LogP contribution in [0.25, 0.3) is 0 Å². The predicted octanol–water partition coefficient (Wildman–Crippen LogP) is 3.21. The number of hydrogen-bond acceptors (Lipinski definition) is 2. The molecule has 0 N–H and O–H groups in total. The van der Waals surface area contributed by atoms with E-state index in [0.717, 1.165) is 0 Å². The summed E-state index contributed by atoms with van der Waals surface area (Å²) in [6.07, 6.45) is 2.73. The largest absolute Gasteiger partial charge is 0.493 e. The van der Waals surface area contributed by atoms with Gasteiger partial charge in [0.1, 0.15) is 11.6 Å². The van der Waals surface area contributed by atoms with E-state index < -0.39 is 5.82 Å². The van der Waals surface area contributed by atoms with Crippen LogP contribution < -0.4 is 4.74 Å². The average Bonchev–Trinajstić information content (AvgIpc) is 3.11. The van der Waals surface area contributed by atoms with Gasteiger partial charge in [-0.1, -0.05) is 6.92 Å². The van der Waals surface area contributed by atoms with E-state index in [9.17, 15) is 9.18 Å². The molecule has 0 amide bonds. The molecule has 0 aromatic heterocycles. The fourth-order valence-corrected chi connectivity index (χ4v) is 1.50. The first-order valence-electron chi connectivity index (χ1n) is 5.66. The second-order valence-electron chi connectivity index (χ2n) is 4.17. The molecule has 0 unspecified atom stereocenters. The molecule has 1 aliphatic carbocycles. The third-order valence-corrected chi connectivity index (χ3v) is 2.74. The van der Waals surface area contributed by atoms with Gasteiger partial charge in [-0.05, 0) is 37.0 Å². The minimum absolute atomic E-state index is 0.135. The Morgan fingerprint density at radius 1 is 1.50 bits per heavy atom. The molecule has 0 spiro atoms. The summed E-state index contributed by atoms with van der Waals surface area (Å²) < 4.78 is 18.8. The molecule has 3 heteroatoms. The van der Waals surface area contributed by atoms with Gasteiger partial charge in [-0.2, -0.15) is 0 Å². The van der Waals surface area contributed by atoms with Crippen LogP contribution in [0.4, 0.5) is 4.39 Å². The summed E-state index contributed by atoms with van der Waals surface area (Å²) in [6, 6.07) is 4.37. The highest BCUT2D eigenvalue weighted by Crippen LogP contribution is 2.30. The number of halogens is 1. The lowest BCUT2D eigenvalue weighted by molar-refractivity contribution is 0.0983. The van der Waals surface area contributed by atoms with Crippen LogP contribution in [0.5, 0.6) is 5.75 Å². The van der Waals surface area contributed by atoms with E-state index >= 15 is 0 Å². The Balaban J connectivity index is 2.10. The first kappa shape index (κ1) is 11.1. The molecule has 0 saturated heterocycles. The lowest BCUT2D eigenvalue weighted by atomic mass is 10.1. The van der Waals surface area contributed by atoms with E-state index in [-0.39, 0.29) is 11.3 Å². The van der Waals surface area contributed by atoms with Crippen molar-refractivity contribution in [1.82, 2.24) is 0 Å². The Bertz CT molecular complexity index is 397. The molecule has 2 rings (SSSR count). The van der Waals surface area contributed by atoms with Gasteiger partial charge in [0.2, 0.25) is 0 Å². The van der Waals surface area contributed by atoms with Crippen molar-refractivity contribution in [1.29, 1.82) is 0 Å². The van der Waals surface area contributed by atoms with Crippen molar-refractivity contribution in [2.24, 2.45) is 5.92 Å². The maximum Gasteiger partial charge on any atom is 0.165 e. The summed E-state index contributed by atoms with van der Waals surface area (Å²) >= 11 is 0. The number of carbonyl (C=O) groups is 1. The summed E-state index contributed by atoms with van der Waals surface area (Å²) in [5, 5.41) is 0. The van der Waals surface area contributed by atoms with E-state index in [1.807, 2.05) is 0 Å². The van der Waals surface area contributed by atoms with Crippen LogP contribution in [-0.4, -0.2) is 12.4 Å². The van der Waals surface area contributed by atoms with Crippen LogP contribution in [-0.2, 0) is 0 Å². The SMILES string of the molecule is CCC(=O)c1cc(OCC2CC2)ccc1F. The van der Waals surface area contributed by atoms with Crippen molar-refractivity contribution < 1.29 is 13.9 Å². The van der Waals surface area contributed by atoms with Gasteiger partial charge < -0.3 is 4.74 Å². The Kier molecular flexibility index (Phi) is 3.22. The maximum absolute atomic E-state index is 13.3. The second kappa shape index (κ2) is 4.64. The zero-order chi connectivity index (χ0) is 11.5. The topological polar surface area (TPSA) is 26.3 Å². The van der Waals surface area contributed by atoms with E-state index in [4.69, 9.17) is 4.74 Å². The molecule has 86 valence electrons. The van der Waals surface area contributed by atoms with Crippen LogP contribution in [0.2, 0.25) is 0 Å². The van der Waals surface area contributed by atoms with Crippen LogP contribution >= 0.6 is 0 Å². The predicted molar refractivity (Wildman–Crippen MR) is 59.2 cm³/mol. The Labute approximate surface area is 94.4 Å². The van der Waals surface area contributed by atoms with Crippen molar-refractivity contribution in [3.8, 4) is 5.75 Å². The Morgan fingerprint density at radius 3 is 2.88 bits per heavy atom. The molecule has 1 fully saturated rings. The van der Waals surface area contributed by atoms with Crippen LogP contribution in [0.15, 0.2) is 18.2 Å². The van der Waals surface area contributed by atoms with Crippen LogP contribution in [0, 0.1) is 11.7 Å². The first-order chi connectivity index (χ1) is 7.70. The van der Waals surface area contributed by atoms with Crippen molar-refractivity contribution in [2.45, 2.75) is 26.2 Å². The van der Waals surface area contributed by atoms with Gasteiger partial charge in [-0.15, -0.1) is 0 Å². The van der Waals surface area contributed by atoms with E-state index in [0.29, 0.717) is 24.7 Å². The summed E-state index contributed by atoms with van der Waals surface area (Å²) in [6.45, 7) is 2.39. The Morgan fingerprint density at radius 2 is 2.25 bits per heavy atom. The molecule has 0 aliphatic heterocycles. The summed E-state index contributed by atoms with van der Waals surface area (Å²) in [5.41, 5.74) is 0.135. The number of rotatable bonds is 5. The highest BCUT2D eigenvalue weighted by Gasteiger charge is 2.22. The van der Waals surface area contributed by atoms with Gasteiger partial charge in [0.15, 0.2) is 5.78 Å². The molecule has 1 saturated carbocycles. The molecule has 2 nitrogen and oxygen atoms in total. The number of hydrogen-bond donors (Lipinski definition) is 0. The first-order valence-corrected chi connectivity index (χ1v) is 5.66. The standard InChI is InChI=1S/C13H15FO2/c1-2-13(15)11-7-10(5-6-12(11)14)16-8-9-3-4-9/h5-7,9H,2-4,8H2,1H3. The molecule has 1 aliphatic rings. The van der Waals surface area contributed by atoms with Gasteiger partial charge >= 0.3 is 0 Å². The molecule has 1 aromatic carbocycles. The molecular formula is C13H15FO2. The fraction of sp³-hybridized carbons (Fsp3) is 0.462. The van der Waals surface area contributed by atoms with E-state index in [2.05, 4.69) is 0 Å². The zero-order valence-corrected chi connectivity index (χ0v) is 9.33. The quantitative estimate of drug-likeness (QED) is 0.715. The molecule has 0 heterocycles. The van der Waals surface area contributed by atoms with Gasteiger partial charge in [0.05, 0.1) is 12.2 Å². The monoisotopic (exact) mass is 222 g/mol. The van der Waals surface area contributed by atoms with Crippen molar-refractivity contribution in [3.63, 3.8) is 0 Å². The number of ketones is 1. The Hall–Kier alpha value is -1.38. The molecule has 16 heavy (non-hydrogen) atoms. The molecule has 0 radical (unpaired) electrons. The lowest BCUT2D eigenvalue weighted by Gasteiger charge is -2.07. The molecular weight excluding hydrogens is 207 g/mol. The van der Waals surface area contributed by atoms with Gasteiger partial charge in [0, 0.05) is 6.42 Å². The lowest BCUT2D eigenvalue weighted by Crippen LogP contribution is -2.03. The number of carbonyl (C=O) groups excluding carboxylic acids is 1. The van der Waals surface area contributed by atoms with E-state index in [1.54, 1.807) is 13.0 Å². The number of Topliss-reactive ketones (excluding diaryl/α,β-unsaturated/α-hetero) is 1. The van der Waals surface area contributed by atoms with Crippen LogP contribution in [0.3, 0.4) is 0 Å². The van der Waals surface area contributed by atoms with Gasteiger partial charge in [0.25, 0.3) is 0 Å². The van der Waals surface area contributed by atoms with Crippen molar-refractivity contribution in [2.75, 3.05) is 6.61 Å². The van der Waals surface area contributed by atoms with Crippen molar-refractivity contribution >= 4 is 5.78 Å².